The maximum Gasteiger partial charge on any atom is 0.272 e. The first-order valence-electron chi connectivity index (χ1n) is 8.52. The number of anilines is 1. The van der Waals surface area contributed by atoms with E-state index in [1.807, 2.05) is 4.90 Å². The molecule has 3 rings (SSSR count). The lowest BCUT2D eigenvalue weighted by molar-refractivity contribution is -0.385. The van der Waals surface area contributed by atoms with Gasteiger partial charge >= 0.3 is 0 Å². The molecule has 0 spiro atoms. The lowest BCUT2D eigenvalue weighted by Crippen LogP contribution is -2.36. The first-order valence-corrected chi connectivity index (χ1v) is 10.4. The molecule has 148 valence electrons. The Hall–Kier alpha value is -2.49. The Morgan fingerprint density at radius 3 is 2.29 bits per heavy atom. The van der Waals surface area contributed by atoms with Crippen LogP contribution in [0.4, 0.5) is 11.4 Å². The number of carbonyl (C=O) groups excluding carboxylic acids is 1. The zero-order valence-electron chi connectivity index (χ0n) is 14.7. The van der Waals surface area contributed by atoms with E-state index in [0.29, 0.717) is 42.2 Å². The number of benzene rings is 2. The maximum absolute atomic E-state index is 12.6. The first-order chi connectivity index (χ1) is 13.1. The highest BCUT2D eigenvalue weighted by Gasteiger charge is 2.27. The fraction of sp³-hybridized carbons (Fsp3) is 0.278. The molecule has 2 N–H and O–H groups in total. The molecule has 2 aromatic rings. The highest BCUT2D eigenvalue weighted by atomic mass is 35.5. The van der Waals surface area contributed by atoms with Gasteiger partial charge in [-0.05, 0) is 43.2 Å². The molecule has 8 nitrogen and oxygen atoms in total. The Kier molecular flexibility index (Phi) is 5.69. The molecule has 1 heterocycles. The molecule has 28 heavy (non-hydrogen) atoms. The van der Waals surface area contributed by atoms with Gasteiger partial charge in [0.25, 0.3) is 5.69 Å². The van der Waals surface area contributed by atoms with Crippen molar-refractivity contribution in [2.24, 2.45) is 11.1 Å². The summed E-state index contributed by atoms with van der Waals surface area (Å²) in [5.41, 5.74) is 0.645. The zero-order chi connectivity index (χ0) is 20.5. The predicted octanol–water partition coefficient (Wildman–Crippen LogP) is 2.99. The molecule has 1 saturated heterocycles. The van der Waals surface area contributed by atoms with Crippen molar-refractivity contribution in [1.82, 2.24) is 0 Å². The van der Waals surface area contributed by atoms with Gasteiger partial charge in [0.15, 0.2) is 5.78 Å². The van der Waals surface area contributed by atoms with Gasteiger partial charge in [-0.15, -0.1) is 0 Å². The van der Waals surface area contributed by atoms with Crippen molar-refractivity contribution in [2.45, 2.75) is 17.7 Å². The maximum atomic E-state index is 12.6. The van der Waals surface area contributed by atoms with Crippen LogP contribution in [0.1, 0.15) is 23.2 Å². The number of piperidine rings is 1. The number of nitrogens with zero attached hydrogens (tertiary/aromatic N) is 2. The highest BCUT2D eigenvalue weighted by Crippen LogP contribution is 2.30. The number of nitrogens with two attached hydrogens (primary N) is 1. The van der Waals surface area contributed by atoms with Gasteiger partial charge < -0.3 is 4.90 Å². The van der Waals surface area contributed by atoms with Crippen LogP contribution < -0.4 is 10.0 Å². The van der Waals surface area contributed by atoms with E-state index in [9.17, 15) is 23.3 Å². The van der Waals surface area contributed by atoms with Crippen LogP contribution >= 0.6 is 11.6 Å². The SMILES string of the molecule is NS(=O)(=O)c1cc(N2CCC(C(=O)c3ccc(Cl)cc3)CC2)cc([N+](=O)[O-])c1. The average Bonchev–Trinajstić information content (AvgIpc) is 2.67. The summed E-state index contributed by atoms with van der Waals surface area (Å²) in [6.07, 6.45) is 1.10. The zero-order valence-corrected chi connectivity index (χ0v) is 16.3. The number of ketones is 1. The lowest BCUT2D eigenvalue weighted by Gasteiger charge is -2.33. The summed E-state index contributed by atoms with van der Waals surface area (Å²) in [5, 5.41) is 16.8. The number of carbonyl (C=O) groups is 1. The van der Waals surface area contributed by atoms with E-state index < -0.39 is 14.9 Å². The minimum atomic E-state index is -4.08. The number of nitro benzene ring substituents is 1. The minimum Gasteiger partial charge on any atom is -0.371 e. The van der Waals surface area contributed by atoms with E-state index in [2.05, 4.69) is 0 Å². The van der Waals surface area contributed by atoms with E-state index in [1.165, 1.54) is 12.1 Å². The van der Waals surface area contributed by atoms with Crippen LogP contribution in [0.2, 0.25) is 5.02 Å². The Labute approximate surface area is 167 Å². The molecule has 0 amide bonds. The van der Waals surface area contributed by atoms with E-state index in [1.54, 1.807) is 24.3 Å². The Bertz CT molecular complexity index is 1020. The van der Waals surface area contributed by atoms with Crippen molar-refractivity contribution in [3.63, 3.8) is 0 Å². The van der Waals surface area contributed by atoms with Crippen LogP contribution in [0.25, 0.3) is 0 Å². The smallest absolute Gasteiger partial charge is 0.272 e. The van der Waals surface area contributed by atoms with Gasteiger partial charge in [0.2, 0.25) is 10.0 Å². The predicted molar refractivity (Wildman–Crippen MR) is 105 cm³/mol. The molecule has 0 aliphatic carbocycles. The number of primary sulfonamides is 1. The summed E-state index contributed by atoms with van der Waals surface area (Å²) in [4.78, 5) is 24.6. The molecule has 0 saturated carbocycles. The number of hydrogen-bond donors (Lipinski definition) is 1. The van der Waals surface area contributed by atoms with Gasteiger partial charge in [-0.25, -0.2) is 13.6 Å². The number of sulfonamides is 1. The normalized spacial score (nSPS) is 15.4. The third-order valence-corrected chi connectivity index (χ3v) is 5.92. The van der Waals surface area contributed by atoms with Gasteiger partial charge in [-0.3, -0.25) is 14.9 Å². The Balaban J connectivity index is 1.77. The number of rotatable bonds is 5. The summed E-state index contributed by atoms with van der Waals surface area (Å²) in [6.45, 7) is 0.935. The molecule has 0 radical (unpaired) electrons. The fourth-order valence-corrected chi connectivity index (χ4v) is 3.97. The molecule has 0 unspecified atom stereocenters. The van der Waals surface area contributed by atoms with Gasteiger partial charge in [0.05, 0.1) is 9.82 Å². The van der Waals surface area contributed by atoms with Gasteiger partial charge in [-0.2, -0.15) is 0 Å². The molecule has 10 heteroatoms. The molecule has 1 fully saturated rings. The number of Topliss-reactive ketones (excluding diaryl/α,β-unsaturated/α-hetero) is 1. The molecule has 0 bridgehead atoms. The monoisotopic (exact) mass is 423 g/mol. The second kappa shape index (κ2) is 7.86. The van der Waals surface area contributed by atoms with Crippen LogP contribution in [0.15, 0.2) is 47.4 Å². The Morgan fingerprint density at radius 1 is 1.14 bits per heavy atom. The van der Waals surface area contributed by atoms with Crippen molar-refractivity contribution in [2.75, 3.05) is 18.0 Å². The van der Waals surface area contributed by atoms with Gasteiger partial charge in [0, 0.05) is 47.4 Å². The van der Waals surface area contributed by atoms with Crippen LogP contribution in [-0.4, -0.2) is 32.2 Å². The van der Waals surface area contributed by atoms with Crippen molar-refractivity contribution in [1.29, 1.82) is 0 Å². The van der Waals surface area contributed by atoms with Crippen molar-refractivity contribution in [3.8, 4) is 0 Å². The van der Waals surface area contributed by atoms with E-state index in [0.717, 1.165) is 6.07 Å². The first kappa shape index (κ1) is 20.2. The molecule has 0 aromatic heterocycles. The van der Waals surface area contributed by atoms with Crippen LogP contribution in [-0.2, 0) is 10.0 Å². The van der Waals surface area contributed by atoms with Gasteiger partial charge in [0.1, 0.15) is 0 Å². The van der Waals surface area contributed by atoms with E-state index in [-0.39, 0.29) is 22.3 Å². The number of halogens is 1. The largest absolute Gasteiger partial charge is 0.371 e. The summed E-state index contributed by atoms with van der Waals surface area (Å²) in [6, 6.07) is 10.3. The lowest BCUT2D eigenvalue weighted by atomic mass is 9.88. The molecular formula is C18H18ClN3O5S. The number of non-ortho nitro benzene ring substituents is 1. The second-order valence-corrected chi connectivity index (χ2v) is 8.62. The average molecular weight is 424 g/mol. The summed E-state index contributed by atoms with van der Waals surface area (Å²) in [7, 11) is -4.08. The van der Waals surface area contributed by atoms with Crippen LogP contribution in [0, 0.1) is 16.0 Å². The summed E-state index contributed by atoms with van der Waals surface area (Å²) in [5.74, 6) is -0.144. The van der Waals surface area contributed by atoms with E-state index >= 15 is 0 Å². The standard InChI is InChI=1S/C18H18ClN3O5S/c19-14-3-1-12(2-4-14)18(23)13-5-7-21(8-6-13)15-9-16(22(24)25)11-17(10-15)28(20,26)27/h1-4,9-11,13H,5-8H2,(H2,20,26,27). The van der Waals surface area contributed by atoms with Crippen molar-refractivity contribution >= 4 is 38.8 Å². The molecule has 1 aliphatic rings. The van der Waals surface area contributed by atoms with Crippen molar-refractivity contribution < 1.29 is 18.1 Å². The number of hydrogen-bond acceptors (Lipinski definition) is 6. The summed E-state index contributed by atoms with van der Waals surface area (Å²) < 4.78 is 23.3. The number of nitro groups is 1. The molecule has 0 atom stereocenters. The van der Waals surface area contributed by atoms with Gasteiger partial charge in [-0.1, -0.05) is 11.6 Å². The molecule has 1 aliphatic heterocycles. The summed E-state index contributed by atoms with van der Waals surface area (Å²) >= 11 is 5.85. The minimum absolute atomic E-state index is 0.0283. The fourth-order valence-electron chi connectivity index (χ4n) is 3.27. The third-order valence-electron chi connectivity index (χ3n) is 4.78. The second-order valence-electron chi connectivity index (χ2n) is 6.62. The topological polar surface area (TPSA) is 124 Å². The quantitative estimate of drug-likeness (QED) is 0.448. The molecular weight excluding hydrogens is 406 g/mol. The van der Waals surface area contributed by atoms with E-state index in [4.69, 9.17) is 16.7 Å². The van der Waals surface area contributed by atoms with Crippen LogP contribution in [0.3, 0.4) is 0 Å². The molecule has 2 aromatic carbocycles. The van der Waals surface area contributed by atoms with Crippen LogP contribution in [0.5, 0.6) is 0 Å². The van der Waals surface area contributed by atoms with Crippen molar-refractivity contribution in [3.05, 3.63) is 63.2 Å². The highest BCUT2D eigenvalue weighted by molar-refractivity contribution is 7.89. The third kappa shape index (κ3) is 4.49. The Morgan fingerprint density at radius 2 is 1.75 bits per heavy atom.